The van der Waals surface area contributed by atoms with Gasteiger partial charge in [0.1, 0.15) is 5.52 Å². The van der Waals surface area contributed by atoms with Crippen LogP contribution in [0.1, 0.15) is 44.6 Å². The molecule has 2 fully saturated rings. The Balaban J connectivity index is 1.39. The minimum Gasteiger partial charge on any atom is -0.335 e. The van der Waals surface area contributed by atoms with Crippen molar-refractivity contribution in [3.8, 4) is 10.7 Å². The van der Waals surface area contributed by atoms with Crippen LogP contribution < -0.4 is 5.32 Å². The van der Waals surface area contributed by atoms with Gasteiger partial charge in [0.05, 0.1) is 10.9 Å². The molecule has 0 bridgehead atoms. The molecule has 0 unspecified atom stereocenters. The Labute approximate surface area is 168 Å². The molecule has 1 N–H and O–H groups in total. The number of fused-ring (bicyclic) bond motifs is 1. The topological polar surface area (TPSA) is 63.1 Å². The van der Waals surface area contributed by atoms with Crippen LogP contribution in [0.5, 0.6) is 0 Å². The molecule has 1 aliphatic heterocycles. The molecule has 1 atom stereocenters. The summed E-state index contributed by atoms with van der Waals surface area (Å²) in [4.78, 5) is 25.3. The van der Waals surface area contributed by atoms with E-state index in [0.717, 1.165) is 47.7 Å². The average Bonchev–Trinajstić information content (AvgIpc) is 3.46. The molecule has 146 valence electrons. The van der Waals surface area contributed by atoms with Gasteiger partial charge in [-0.2, -0.15) is 0 Å². The number of nitrogens with one attached hydrogen (secondary N) is 1. The zero-order valence-corrected chi connectivity index (χ0v) is 16.7. The quantitative estimate of drug-likeness (QED) is 0.713. The SMILES string of the molecule is O=C(NC1CCCCC1)N1CC[C@H](n2c(-c3cccs3)nc3cccnc32)C1. The Hall–Kier alpha value is -2.41. The maximum absolute atomic E-state index is 12.8. The lowest BCUT2D eigenvalue weighted by atomic mass is 9.96. The van der Waals surface area contributed by atoms with Crippen molar-refractivity contribution in [3.63, 3.8) is 0 Å². The largest absolute Gasteiger partial charge is 0.335 e. The van der Waals surface area contributed by atoms with Gasteiger partial charge in [0.15, 0.2) is 11.5 Å². The van der Waals surface area contributed by atoms with E-state index >= 15 is 0 Å². The molecule has 2 amide bonds. The summed E-state index contributed by atoms with van der Waals surface area (Å²) in [6, 6.07) is 8.73. The zero-order valence-electron chi connectivity index (χ0n) is 15.9. The normalized spacial score (nSPS) is 20.7. The molecule has 3 aromatic heterocycles. The maximum atomic E-state index is 12.8. The van der Waals surface area contributed by atoms with Gasteiger partial charge in [0.2, 0.25) is 0 Å². The lowest BCUT2D eigenvalue weighted by Crippen LogP contribution is -2.44. The van der Waals surface area contributed by atoms with Crippen molar-refractivity contribution < 1.29 is 4.79 Å². The molecule has 0 aromatic carbocycles. The van der Waals surface area contributed by atoms with E-state index in [2.05, 4.69) is 32.4 Å². The summed E-state index contributed by atoms with van der Waals surface area (Å²) in [5, 5.41) is 5.33. The third-order valence-electron chi connectivity index (χ3n) is 5.94. The zero-order chi connectivity index (χ0) is 18.9. The monoisotopic (exact) mass is 395 g/mol. The van der Waals surface area contributed by atoms with E-state index < -0.39 is 0 Å². The van der Waals surface area contributed by atoms with Gasteiger partial charge >= 0.3 is 6.03 Å². The second-order valence-corrected chi connectivity index (χ2v) is 8.75. The molecular weight excluding hydrogens is 370 g/mol. The number of hydrogen-bond donors (Lipinski definition) is 1. The summed E-state index contributed by atoms with van der Waals surface area (Å²) >= 11 is 1.69. The number of aromatic nitrogens is 3. The van der Waals surface area contributed by atoms with Crippen LogP contribution in [0.25, 0.3) is 21.9 Å². The molecular formula is C21H25N5OS. The Bertz CT molecular complexity index is 961. The summed E-state index contributed by atoms with van der Waals surface area (Å²) < 4.78 is 2.25. The Morgan fingerprint density at radius 2 is 2.04 bits per heavy atom. The van der Waals surface area contributed by atoms with Crippen LogP contribution in [0.2, 0.25) is 0 Å². The lowest BCUT2D eigenvalue weighted by Gasteiger charge is -2.26. The van der Waals surface area contributed by atoms with E-state index in [9.17, 15) is 4.79 Å². The van der Waals surface area contributed by atoms with Crippen molar-refractivity contribution in [1.29, 1.82) is 0 Å². The smallest absolute Gasteiger partial charge is 0.317 e. The fraction of sp³-hybridized carbons (Fsp3) is 0.476. The minimum atomic E-state index is 0.0875. The van der Waals surface area contributed by atoms with E-state index in [-0.39, 0.29) is 12.1 Å². The standard InChI is InChI=1S/C21H25N5OS/c27-21(23-15-6-2-1-3-7-15)25-12-10-16(14-25)26-19-17(8-4-11-22-19)24-20(26)18-9-5-13-28-18/h4-5,8-9,11,13,15-16H,1-3,6-7,10,12,14H2,(H,23,27)/t16-/m0/s1. The second-order valence-electron chi connectivity index (χ2n) is 7.80. The summed E-state index contributed by atoms with van der Waals surface area (Å²) in [5.41, 5.74) is 1.82. The first kappa shape index (κ1) is 17.7. The van der Waals surface area contributed by atoms with Crippen molar-refractivity contribution in [3.05, 3.63) is 35.8 Å². The van der Waals surface area contributed by atoms with Crippen LogP contribution in [0.3, 0.4) is 0 Å². The maximum Gasteiger partial charge on any atom is 0.317 e. The molecule has 4 heterocycles. The van der Waals surface area contributed by atoms with E-state index in [4.69, 9.17) is 4.98 Å². The number of carbonyl (C=O) groups is 1. The van der Waals surface area contributed by atoms with Crippen molar-refractivity contribution in [1.82, 2.24) is 24.8 Å². The number of thiophene rings is 1. The second kappa shape index (κ2) is 7.54. The lowest BCUT2D eigenvalue weighted by molar-refractivity contribution is 0.199. The van der Waals surface area contributed by atoms with Crippen molar-refractivity contribution in [2.24, 2.45) is 0 Å². The number of rotatable bonds is 3. The van der Waals surface area contributed by atoms with E-state index in [0.29, 0.717) is 12.6 Å². The highest BCUT2D eigenvalue weighted by Crippen LogP contribution is 2.34. The van der Waals surface area contributed by atoms with Gasteiger partial charge in [-0.15, -0.1) is 11.3 Å². The minimum absolute atomic E-state index is 0.0875. The number of nitrogens with zero attached hydrogens (tertiary/aromatic N) is 4. The molecule has 3 aromatic rings. The molecule has 2 aliphatic rings. The molecule has 0 radical (unpaired) electrons. The Kier molecular flexibility index (Phi) is 4.76. The van der Waals surface area contributed by atoms with Crippen LogP contribution in [-0.2, 0) is 0 Å². The predicted octanol–water partition coefficient (Wildman–Crippen LogP) is 4.45. The number of hydrogen-bond acceptors (Lipinski definition) is 4. The number of amides is 2. The van der Waals surface area contributed by atoms with Crippen molar-refractivity contribution >= 4 is 28.5 Å². The molecule has 5 rings (SSSR count). The van der Waals surface area contributed by atoms with Gasteiger partial charge < -0.3 is 14.8 Å². The molecule has 7 heteroatoms. The first-order chi connectivity index (χ1) is 13.8. The molecule has 1 aliphatic carbocycles. The molecule has 1 saturated heterocycles. The van der Waals surface area contributed by atoms with Crippen LogP contribution in [0.4, 0.5) is 4.79 Å². The number of imidazole rings is 1. The third kappa shape index (κ3) is 3.28. The van der Waals surface area contributed by atoms with Crippen LogP contribution in [-0.4, -0.2) is 44.6 Å². The Morgan fingerprint density at radius 1 is 1.14 bits per heavy atom. The molecule has 1 saturated carbocycles. The number of carbonyl (C=O) groups excluding carboxylic acids is 1. The van der Waals surface area contributed by atoms with Crippen molar-refractivity contribution in [2.75, 3.05) is 13.1 Å². The van der Waals surface area contributed by atoms with Crippen LogP contribution in [0, 0.1) is 0 Å². The number of urea groups is 1. The summed E-state index contributed by atoms with van der Waals surface area (Å²) in [7, 11) is 0. The predicted molar refractivity (Wildman–Crippen MR) is 111 cm³/mol. The first-order valence-electron chi connectivity index (χ1n) is 10.2. The molecule has 0 spiro atoms. The summed E-state index contributed by atoms with van der Waals surface area (Å²) in [6.45, 7) is 1.48. The van der Waals surface area contributed by atoms with Gasteiger partial charge in [-0.3, -0.25) is 0 Å². The Morgan fingerprint density at radius 3 is 2.86 bits per heavy atom. The number of likely N-dealkylation sites (tertiary alicyclic amines) is 1. The van der Waals surface area contributed by atoms with Gasteiger partial charge in [-0.1, -0.05) is 25.3 Å². The van der Waals surface area contributed by atoms with E-state index in [1.807, 2.05) is 23.2 Å². The highest BCUT2D eigenvalue weighted by molar-refractivity contribution is 7.13. The highest BCUT2D eigenvalue weighted by Gasteiger charge is 2.31. The molecule has 6 nitrogen and oxygen atoms in total. The van der Waals surface area contributed by atoms with Gasteiger partial charge in [0, 0.05) is 25.3 Å². The van der Waals surface area contributed by atoms with Crippen molar-refractivity contribution in [2.45, 2.75) is 50.6 Å². The number of pyridine rings is 1. The average molecular weight is 396 g/mol. The van der Waals surface area contributed by atoms with Gasteiger partial charge in [-0.25, -0.2) is 14.8 Å². The van der Waals surface area contributed by atoms with E-state index in [1.165, 1.54) is 19.3 Å². The van der Waals surface area contributed by atoms with Gasteiger partial charge in [0.25, 0.3) is 0 Å². The fourth-order valence-electron chi connectivity index (χ4n) is 4.50. The van der Waals surface area contributed by atoms with Gasteiger partial charge in [-0.05, 0) is 42.8 Å². The van der Waals surface area contributed by atoms with Crippen LogP contribution >= 0.6 is 11.3 Å². The summed E-state index contributed by atoms with van der Waals surface area (Å²) in [5.74, 6) is 0.961. The highest BCUT2D eigenvalue weighted by atomic mass is 32.1. The van der Waals surface area contributed by atoms with E-state index in [1.54, 1.807) is 11.3 Å². The fourth-order valence-corrected chi connectivity index (χ4v) is 5.22. The molecule has 28 heavy (non-hydrogen) atoms. The third-order valence-corrected chi connectivity index (χ3v) is 6.80. The first-order valence-corrected chi connectivity index (χ1v) is 11.1. The summed E-state index contributed by atoms with van der Waals surface area (Å²) in [6.07, 6.45) is 8.72. The van der Waals surface area contributed by atoms with Crippen LogP contribution in [0.15, 0.2) is 35.8 Å².